The van der Waals surface area contributed by atoms with Gasteiger partial charge in [-0.2, -0.15) is 4.98 Å². The van der Waals surface area contributed by atoms with Crippen molar-refractivity contribution in [2.75, 3.05) is 23.3 Å². The van der Waals surface area contributed by atoms with Crippen LogP contribution in [0.2, 0.25) is 0 Å². The summed E-state index contributed by atoms with van der Waals surface area (Å²) in [6.07, 6.45) is 4.53. The van der Waals surface area contributed by atoms with Crippen LogP contribution in [0.1, 0.15) is 33.1 Å². The van der Waals surface area contributed by atoms with Crippen LogP contribution in [-0.4, -0.2) is 29.1 Å². The van der Waals surface area contributed by atoms with E-state index >= 15 is 0 Å². The van der Waals surface area contributed by atoms with Crippen LogP contribution in [0, 0.1) is 5.82 Å². The van der Waals surface area contributed by atoms with Gasteiger partial charge in [0.05, 0.1) is 6.20 Å². The summed E-state index contributed by atoms with van der Waals surface area (Å²) in [7, 11) is 0. The second-order valence-electron chi connectivity index (χ2n) is 4.32. The van der Waals surface area contributed by atoms with Crippen molar-refractivity contribution in [2.45, 2.75) is 39.2 Å². The fourth-order valence-electron chi connectivity index (χ4n) is 1.89. The minimum Gasteiger partial charge on any atom is -0.354 e. The maximum Gasteiger partial charge on any atom is 0.224 e. The van der Waals surface area contributed by atoms with Crippen molar-refractivity contribution in [3.63, 3.8) is 0 Å². The monoisotopic (exact) mass is 238 g/mol. The van der Waals surface area contributed by atoms with Gasteiger partial charge in [-0.1, -0.05) is 6.92 Å². The van der Waals surface area contributed by atoms with Crippen LogP contribution in [0.25, 0.3) is 0 Å². The SMILES string of the molecule is CCCN(c1nc(NCC)ncc1F)C1CC1. The van der Waals surface area contributed by atoms with Crippen molar-refractivity contribution in [3.8, 4) is 0 Å². The van der Waals surface area contributed by atoms with E-state index in [0.717, 1.165) is 32.4 Å². The van der Waals surface area contributed by atoms with Crippen LogP contribution in [0.4, 0.5) is 16.2 Å². The molecule has 1 aliphatic carbocycles. The lowest BCUT2D eigenvalue weighted by Crippen LogP contribution is -2.28. The Kier molecular flexibility index (Phi) is 3.76. The first-order valence-corrected chi connectivity index (χ1v) is 6.29. The van der Waals surface area contributed by atoms with Crippen molar-refractivity contribution < 1.29 is 4.39 Å². The minimum atomic E-state index is -0.327. The van der Waals surface area contributed by atoms with Crippen molar-refractivity contribution in [3.05, 3.63) is 12.0 Å². The molecule has 94 valence electrons. The zero-order chi connectivity index (χ0) is 12.3. The summed E-state index contributed by atoms with van der Waals surface area (Å²) in [5, 5.41) is 3.02. The molecule has 0 amide bonds. The fourth-order valence-corrected chi connectivity index (χ4v) is 1.89. The first kappa shape index (κ1) is 12.1. The highest BCUT2D eigenvalue weighted by Crippen LogP contribution is 2.32. The predicted octanol–water partition coefficient (Wildman–Crippen LogP) is 2.43. The maximum absolute atomic E-state index is 13.8. The fraction of sp³-hybridized carbons (Fsp3) is 0.667. The summed E-state index contributed by atoms with van der Waals surface area (Å²) in [5.74, 6) is 0.623. The van der Waals surface area contributed by atoms with Crippen LogP contribution < -0.4 is 10.2 Å². The minimum absolute atomic E-state index is 0.327. The summed E-state index contributed by atoms with van der Waals surface area (Å²) >= 11 is 0. The van der Waals surface area contributed by atoms with E-state index in [-0.39, 0.29) is 5.82 Å². The first-order chi connectivity index (χ1) is 8.26. The van der Waals surface area contributed by atoms with Gasteiger partial charge in [-0.3, -0.25) is 0 Å². The Labute approximate surface area is 101 Å². The van der Waals surface area contributed by atoms with Gasteiger partial charge in [0.1, 0.15) is 0 Å². The lowest BCUT2D eigenvalue weighted by molar-refractivity contribution is 0.598. The molecule has 0 aromatic carbocycles. The van der Waals surface area contributed by atoms with Gasteiger partial charge < -0.3 is 10.2 Å². The van der Waals surface area contributed by atoms with Crippen molar-refractivity contribution >= 4 is 11.8 Å². The lowest BCUT2D eigenvalue weighted by Gasteiger charge is -2.23. The van der Waals surface area contributed by atoms with Gasteiger partial charge in [0.25, 0.3) is 0 Å². The van der Waals surface area contributed by atoms with E-state index in [0.29, 0.717) is 17.8 Å². The third-order valence-corrected chi connectivity index (χ3v) is 2.78. The van der Waals surface area contributed by atoms with Gasteiger partial charge in [0.15, 0.2) is 11.6 Å². The number of hydrogen-bond acceptors (Lipinski definition) is 4. The molecule has 1 N–H and O–H groups in total. The van der Waals surface area contributed by atoms with E-state index in [1.54, 1.807) is 0 Å². The van der Waals surface area contributed by atoms with Crippen LogP contribution in [0.3, 0.4) is 0 Å². The Balaban J connectivity index is 2.23. The second kappa shape index (κ2) is 5.29. The molecule has 0 bridgehead atoms. The summed E-state index contributed by atoms with van der Waals surface area (Å²) in [6.45, 7) is 5.66. The number of anilines is 2. The van der Waals surface area contributed by atoms with Gasteiger partial charge in [-0.15, -0.1) is 0 Å². The number of nitrogens with zero attached hydrogens (tertiary/aromatic N) is 3. The Bertz CT molecular complexity index is 379. The van der Waals surface area contributed by atoms with Gasteiger partial charge in [-0.25, -0.2) is 9.37 Å². The molecule has 0 radical (unpaired) electrons. The highest BCUT2D eigenvalue weighted by molar-refractivity contribution is 5.46. The number of rotatable bonds is 6. The van der Waals surface area contributed by atoms with Crippen molar-refractivity contribution in [2.24, 2.45) is 0 Å². The molecular formula is C12H19FN4. The average molecular weight is 238 g/mol. The molecule has 17 heavy (non-hydrogen) atoms. The summed E-state index contributed by atoms with van der Waals surface area (Å²) in [5.41, 5.74) is 0. The average Bonchev–Trinajstić information content (AvgIpc) is 3.13. The Morgan fingerprint density at radius 1 is 1.47 bits per heavy atom. The third kappa shape index (κ3) is 2.84. The van der Waals surface area contributed by atoms with Gasteiger partial charge in [0.2, 0.25) is 5.95 Å². The molecule has 0 saturated heterocycles. The van der Waals surface area contributed by atoms with Crippen LogP contribution >= 0.6 is 0 Å². The number of aromatic nitrogens is 2. The Morgan fingerprint density at radius 2 is 2.24 bits per heavy atom. The number of nitrogens with one attached hydrogen (secondary N) is 1. The predicted molar refractivity (Wildman–Crippen MR) is 66.8 cm³/mol. The highest BCUT2D eigenvalue weighted by Gasteiger charge is 2.31. The molecule has 0 atom stereocenters. The maximum atomic E-state index is 13.8. The van der Waals surface area contributed by atoms with E-state index in [1.165, 1.54) is 6.20 Å². The molecule has 1 aliphatic rings. The van der Waals surface area contributed by atoms with Gasteiger partial charge in [-0.05, 0) is 26.2 Å². The smallest absolute Gasteiger partial charge is 0.224 e. The molecule has 1 aromatic heterocycles. The number of hydrogen-bond donors (Lipinski definition) is 1. The van der Waals surface area contributed by atoms with E-state index in [4.69, 9.17) is 0 Å². The Hall–Kier alpha value is -1.39. The van der Waals surface area contributed by atoms with Gasteiger partial charge >= 0.3 is 0 Å². The third-order valence-electron chi connectivity index (χ3n) is 2.78. The Morgan fingerprint density at radius 3 is 2.82 bits per heavy atom. The zero-order valence-corrected chi connectivity index (χ0v) is 10.4. The number of halogens is 1. The molecular weight excluding hydrogens is 219 g/mol. The molecule has 1 heterocycles. The normalized spacial score (nSPS) is 14.8. The topological polar surface area (TPSA) is 41.1 Å². The first-order valence-electron chi connectivity index (χ1n) is 6.29. The molecule has 0 aliphatic heterocycles. The zero-order valence-electron chi connectivity index (χ0n) is 10.4. The summed E-state index contributed by atoms with van der Waals surface area (Å²) in [4.78, 5) is 10.3. The molecule has 2 rings (SSSR count). The largest absolute Gasteiger partial charge is 0.354 e. The van der Waals surface area contributed by atoms with Crippen molar-refractivity contribution in [1.29, 1.82) is 0 Å². The van der Waals surface area contributed by atoms with Crippen LogP contribution in [-0.2, 0) is 0 Å². The van der Waals surface area contributed by atoms with Crippen LogP contribution in [0.5, 0.6) is 0 Å². The lowest BCUT2D eigenvalue weighted by atomic mass is 10.3. The summed E-state index contributed by atoms with van der Waals surface area (Å²) in [6, 6.07) is 0.467. The second-order valence-corrected chi connectivity index (χ2v) is 4.32. The van der Waals surface area contributed by atoms with Crippen molar-refractivity contribution in [1.82, 2.24) is 9.97 Å². The highest BCUT2D eigenvalue weighted by atomic mass is 19.1. The standard InChI is InChI=1S/C12H19FN4/c1-3-7-17(9-5-6-9)11-10(13)8-15-12(16-11)14-4-2/h8-9H,3-7H2,1-2H3,(H,14,15,16). The van der Waals surface area contributed by atoms with E-state index in [2.05, 4.69) is 27.1 Å². The molecule has 1 fully saturated rings. The van der Waals surface area contributed by atoms with E-state index in [9.17, 15) is 4.39 Å². The van der Waals surface area contributed by atoms with Gasteiger partial charge in [0, 0.05) is 19.1 Å². The van der Waals surface area contributed by atoms with E-state index in [1.807, 2.05) is 6.92 Å². The van der Waals surface area contributed by atoms with Crippen LogP contribution in [0.15, 0.2) is 6.20 Å². The quantitative estimate of drug-likeness (QED) is 0.826. The van der Waals surface area contributed by atoms with E-state index < -0.39 is 0 Å². The molecule has 1 aromatic rings. The molecule has 0 unspecified atom stereocenters. The molecule has 5 heteroatoms. The summed E-state index contributed by atoms with van der Waals surface area (Å²) < 4.78 is 13.8. The molecule has 0 spiro atoms. The molecule has 1 saturated carbocycles. The molecule has 4 nitrogen and oxygen atoms in total.